The van der Waals surface area contributed by atoms with E-state index in [1.165, 1.54) is 27.8 Å². The Hall–Kier alpha value is -2.28. The van der Waals surface area contributed by atoms with Gasteiger partial charge in [0.1, 0.15) is 11.3 Å². The van der Waals surface area contributed by atoms with Gasteiger partial charge in [-0.3, -0.25) is 9.69 Å². The number of hydrogen-bond acceptors (Lipinski definition) is 8. The van der Waals surface area contributed by atoms with Crippen molar-refractivity contribution in [2.75, 3.05) is 65.5 Å². The number of fused-ring (bicyclic) bond motifs is 1. The van der Waals surface area contributed by atoms with Crippen molar-refractivity contribution in [1.29, 1.82) is 0 Å². The molecule has 0 aliphatic carbocycles. The van der Waals surface area contributed by atoms with Crippen molar-refractivity contribution in [1.82, 2.24) is 14.2 Å². The van der Waals surface area contributed by atoms with Gasteiger partial charge in [-0.15, -0.1) is 0 Å². The summed E-state index contributed by atoms with van der Waals surface area (Å²) in [6.07, 6.45) is 0.725. The van der Waals surface area contributed by atoms with E-state index in [9.17, 15) is 13.2 Å². The molecule has 194 valence electrons. The van der Waals surface area contributed by atoms with Gasteiger partial charge < -0.3 is 14.4 Å². The summed E-state index contributed by atoms with van der Waals surface area (Å²) in [5.41, 5.74) is 0.973. The van der Waals surface area contributed by atoms with Crippen LogP contribution in [0, 0.1) is 0 Å². The fourth-order valence-electron chi connectivity index (χ4n) is 3.91. The first kappa shape index (κ1) is 26.8. The summed E-state index contributed by atoms with van der Waals surface area (Å²) < 4.78 is 38.8. The van der Waals surface area contributed by atoms with E-state index in [0.717, 1.165) is 17.7 Å². The molecule has 4 rings (SSSR count). The fraction of sp³-hybridized carbons (Fsp3) is 0.417. The molecule has 0 unspecified atom stereocenters. The normalized spacial score (nSPS) is 14.9. The van der Waals surface area contributed by atoms with E-state index in [-0.39, 0.29) is 10.8 Å². The molecule has 9 nitrogen and oxygen atoms in total. The number of methoxy groups -OCH3 is 1. The standard InChI is InChI=1S/C24H29ClN4O5S2/c1-27(2)11-4-12-29(24-26-21-20(33-3)10-9-19(25)22(21)35-24)23(30)17-5-7-18(8-6-17)36(31,32)28-13-15-34-16-14-28/h5-10H,4,11-16H2,1-3H3. The molecule has 0 atom stereocenters. The van der Waals surface area contributed by atoms with Crippen LogP contribution in [0.15, 0.2) is 41.3 Å². The first-order chi connectivity index (χ1) is 17.2. The summed E-state index contributed by atoms with van der Waals surface area (Å²) in [7, 11) is 1.87. The third-order valence-electron chi connectivity index (χ3n) is 5.84. The average Bonchev–Trinajstić information content (AvgIpc) is 3.33. The number of anilines is 1. The lowest BCUT2D eigenvalue weighted by Crippen LogP contribution is -2.40. The Balaban J connectivity index is 1.64. The summed E-state index contributed by atoms with van der Waals surface area (Å²) >= 11 is 7.73. The number of carbonyl (C=O) groups excluding carboxylic acids is 1. The van der Waals surface area contributed by atoms with Crippen LogP contribution in [0.5, 0.6) is 5.75 Å². The lowest BCUT2D eigenvalue weighted by atomic mass is 10.2. The Labute approximate surface area is 220 Å². The second-order valence-corrected chi connectivity index (χ2v) is 11.9. The SMILES string of the molecule is COc1ccc(Cl)c2sc(N(CCCN(C)C)C(=O)c3ccc(S(=O)(=O)N4CCOCC4)cc3)nc12. The number of thiazole rings is 1. The molecule has 2 heterocycles. The van der Waals surface area contributed by atoms with Gasteiger partial charge in [0.25, 0.3) is 5.91 Å². The van der Waals surface area contributed by atoms with E-state index in [4.69, 9.17) is 26.1 Å². The third-order valence-corrected chi connectivity index (χ3v) is 9.29. The number of sulfonamides is 1. The highest BCUT2D eigenvalue weighted by molar-refractivity contribution is 7.89. The Morgan fingerprint density at radius 2 is 1.83 bits per heavy atom. The lowest BCUT2D eigenvalue weighted by molar-refractivity contribution is 0.0730. The molecule has 12 heteroatoms. The minimum Gasteiger partial charge on any atom is -0.494 e. The van der Waals surface area contributed by atoms with E-state index in [0.29, 0.717) is 59.8 Å². The highest BCUT2D eigenvalue weighted by Crippen LogP contribution is 2.39. The smallest absolute Gasteiger partial charge is 0.260 e. The Morgan fingerprint density at radius 3 is 2.47 bits per heavy atom. The number of carbonyl (C=O) groups is 1. The number of halogens is 1. The van der Waals surface area contributed by atoms with Crippen LogP contribution in [0.25, 0.3) is 10.2 Å². The maximum Gasteiger partial charge on any atom is 0.260 e. The van der Waals surface area contributed by atoms with E-state index >= 15 is 0 Å². The van der Waals surface area contributed by atoms with Crippen molar-refractivity contribution in [2.24, 2.45) is 0 Å². The quantitative estimate of drug-likeness (QED) is 0.400. The second-order valence-electron chi connectivity index (χ2n) is 8.58. The Bertz CT molecular complexity index is 1320. The summed E-state index contributed by atoms with van der Waals surface area (Å²) in [5.74, 6) is 0.313. The average molecular weight is 553 g/mol. The van der Waals surface area contributed by atoms with Crippen molar-refractivity contribution < 1.29 is 22.7 Å². The molecule has 0 radical (unpaired) electrons. The molecular weight excluding hydrogens is 524 g/mol. The molecule has 36 heavy (non-hydrogen) atoms. The van der Waals surface area contributed by atoms with E-state index < -0.39 is 10.0 Å². The monoisotopic (exact) mass is 552 g/mol. The highest BCUT2D eigenvalue weighted by atomic mass is 35.5. The van der Waals surface area contributed by atoms with Gasteiger partial charge in [0.05, 0.1) is 34.9 Å². The summed E-state index contributed by atoms with van der Waals surface area (Å²) in [5, 5.41) is 1.04. The molecule has 1 fully saturated rings. The molecule has 1 saturated heterocycles. The first-order valence-electron chi connectivity index (χ1n) is 11.5. The molecule has 1 aliphatic rings. The van der Waals surface area contributed by atoms with Crippen molar-refractivity contribution >= 4 is 54.2 Å². The van der Waals surface area contributed by atoms with Gasteiger partial charge >= 0.3 is 0 Å². The Kier molecular flexibility index (Phi) is 8.48. The van der Waals surface area contributed by atoms with Crippen LogP contribution >= 0.6 is 22.9 Å². The number of benzene rings is 2. The fourth-order valence-corrected chi connectivity index (χ4v) is 6.60. The van der Waals surface area contributed by atoms with Crippen LogP contribution in [0.3, 0.4) is 0 Å². The molecule has 0 N–H and O–H groups in total. The van der Waals surface area contributed by atoms with Crippen molar-refractivity contribution in [3.8, 4) is 5.75 Å². The summed E-state index contributed by atoms with van der Waals surface area (Å²) in [6.45, 7) is 2.59. The zero-order valence-electron chi connectivity index (χ0n) is 20.4. The van der Waals surface area contributed by atoms with Crippen LogP contribution in [0.4, 0.5) is 5.13 Å². The first-order valence-corrected chi connectivity index (χ1v) is 14.1. The van der Waals surface area contributed by atoms with Crippen LogP contribution in [-0.4, -0.2) is 89.1 Å². The highest BCUT2D eigenvalue weighted by Gasteiger charge is 2.27. The molecule has 0 bridgehead atoms. The molecule has 1 amide bonds. The van der Waals surface area contributed by atoms with Gasteiger partial charge in [0, 0.05) is 25.2 Å². The molecular formula is C24H29ClN4O5S2. The number of amides is 1. The number of morpholine rings is 1. The zero-order chi connectivity index (χ0) is 25.9. The van der Waals surface area contributed by atoms with Crippen LogP contribution in [0.1, 0.15) is 16.8 Å². The maximum absolute atomic E-state index is 13.6. The number of rotatable bonds is 9. The predicted octanol–water partition coefficient (Wildman–Crippen LogP) is 3.58. The van der Waals surface area contributed by atoms with Crippen LogP contribution in [0.2, 0.25) is 5.02 Å². The zero-order valence-corrected chi connectivity index (χ0v) is 22.8. The molecule has 3 aromatic rings. The topological polar surface area (TPSA) is 92.3 Å². The maximum atomic E-state index is 13.6. The number of aromatic nitrogens is 1. The molecule has 2 aromatic carbocycles. The van der Waals surface area contributed by atoms with Gasteiger partial charge in [-0.05, 0) is 63.5 Å². The van der Waals surface area contributed by atoms with E-state index in [1.807, 2.05) is 19.0 Å². The van der Waals surface area contributed by atoms with Gasteiger partial charge in [0.15, 0.2) is 5.13 Å². The van der Waals surface area contributed by atoms with E-state index in [1.54, 1.807) is 36.3 Å². The minimum absolute atomic E-state index is 0.150. The minimum atomic E-state index is -3.65. The van der Waals surface area contributed by atoms with Gasteiger partial charge in [0.2, 0.25) is 10.0 Å². The molecule has 1 aliphatic heterocycles. The van der Waals surface area contributed by atoms with Crippen LogP contribution < -0.4 is 9.64 Å². The lowest BCUT2D eigenvalue weighted by Gasteiger charge is -2.26. The summed E-state index contributed by atoms with van der Waals surface area (Å²) in [4.78, 5) is 22.1. The van der Waals surface area contributed by atoms with Gasteiger partial charge in [-0.25, -0.2) is 13.4 Å². The van der Waals surface area contributed by atoms with Gasteiger partial charge in [-0.1, -0.05) is 22.9 Å². The number of hydrogen-bond donors (Lipinski definition) is 0. The van der Waals surface area contributed by atoms with Gasteiger partial charge in [-0.2, -0.15) is 4.31 Å². The predicted molar refractivity (Wildman–Crippen MR) is 142 cm³/mol. The molecule has 0 saturated carbocycles. The van der Waals surface area contributed by atoms with Crippen molar-refractivity contribution in [3.63, 3.8) is 0 Å². The number of nitrogens with zero attached hydrogens (tertiary/aromatic N) is 4. The molecule has 0 spiro atoms. The Morgan fingerprint density at radius 1 is 1.14 bits per heavy atom. The van der Waals surface area contributed by atoms with Crippen molar-refractivity contribution in [3.05, 3.63) is 47.0 Å². The third kappa shape index (κ3) is 5.66. The van der Waals surface area contributed by atoms with Crippen LogP contribution in [-0.2, 0) is 14.8 Å². The number of ether oxygens (including phenoxy) is 2. The van der Waals surface area contributed by atoms with Crippen molar-refractivity contribution in [2.45, 2.75) is 11.3 Å². The molecule has 1 aromatic heterocycles. The summed E-state index contributed by atoms with van der Waals surface area (Å²) in [6, 6.07) is 9.56. The second kappa shape index (κ2) is 11.4. The largest absolute Gasteiger partial charge is 0.494 e. The van der Waals surface area contributed by atoms with E-state index in [2.05, 4.69) is 0 Å².